The molecule has 4 rings (SSSR count). The molecular formula is C26H25N3O5S. The van der Waals surface area contributed by atoms with Crippen molar-refractivity contribution in [1.29, 1.82) is 0 Å². The number of carbonyl (C=O) groups excluding carboxylic acids is 1. The largest absolute Gasteiger partial charge is 0.497 e. The van der Waals surface area contributed by atoms with Crippen molar-refractivity contribution in [3.05, 3.63) is 87.4 Å². The Hall–Kier alpha value is -3.82. The summed E-state index contributed by atoms with van der Waals surface area (Å²) in [6, 6.07) is 12.8. The molecule has 0 aliphatic heterocycles. The van der Waals surface area contributed by atoms with Crippen LogP contribution in [0.3, 0.4) is 0 Å². The summed E-state index contributed by atoms with van der Waals surface area (Å²) in [4.78, 5) is 37.1. The summed E-state index contributed by atoms with van der Waals surface area (Å²) < 4.78 is 16.2. The fourth-order valence-electron chi connectivity index (χ4n) is 3.46. The molecule has 8 nitrogen and oxygen atoms in total. The second-order valence-electron chi connectivity index (χ2n) is 7.55. The van der Waals surface area contributed by atoms with Crippen molar-refractivity contribution in [3.63, 3.8) is 0 Å². The van der Waals surface area contributed by atoms with E-state index in [4.69, 9.17) is 14.2 Å². The van der Waals surface area contributed by atoms with Crippen molar-refractivity contribution < 1.29 is 19.0 Å². The van der Waals surface area contributed by atoms with E-state index in [-0.39, 0.29) is 12.2 Å². The minimum Gasteiger partial charge on any atom is -0.497 e. The van der Waals surface area contributed by atoms with Gasteiger partial charge in [-0.05, 0) is 42.8 Å². The number of esters is 1. The van der Waals surface area contributed by atoms with Crippen molar-refractivity contribution in [2.75, 3.05) is 20.3 Å². The lowest BCUT2D eigenvalue weighted by molar-refractivity contribution is 0.0523. The van der Waals surface area contributed by atoms with Crippen molar-refractivity contribution >= 4 is 17.3 Å². The average molecular weight is 492 g/mol. The van der Waals surface area contributed by atoms with Gasteiger partial charge in [0, 0.05) is 35.5 Å². The van der Waals surface area contributed by atoms with Crippen LogP contribution in [0.1, 0.15) is 28.5 Å². The Labute approximate surface area is 206 Å². The SMILES string of the molecule is CCOC(=O)c1cc(-c2csc(-c3ccncc3)n2)c(=O)[nH]c1CCOCc1ccc(OC)cc1. The molecule has 3 heterocycles. The maximum Gasteiger partial charge on any atom is 0.339 e. The van der Waals surface area contributed by atoms with Crippen LogP contribution in [0.5, 0.6) is 5.75 Å². The van der Waals surface area contributed by atoms with E-state index < -0.39 is 5.97 Å². The Balaban J connectivity index is 1.52. The number of benzene rings is 1. The van der Waals surface area contributed by atoms with Crippen LogP contribution in [0.25, 0.3) is 21.8 Å². The molecule has 35 heavy (non-hydrogen) atoms. The topological polar surface area (TPSA) is 103 Å². The van der Waals surface area contributed by atoms with Crippen LogP contribution in [0.2, 0.25) is 0 Å². The quantitative estimate of drug-likeness (QED) is 0.257. The predicted octanol–water partition coefficient (Wildman–Crippen LogP) is 4.51. The zero-order chi connectivity index (χ0) is 24.6. The zero-order valence-electron chi connectivity index (χ0n) is 19.4. The standard InChI is InChI=1S/C26H25N3O5S/c1-3-34-26(31)21-14-20(23-16-35-25(29-23)18-8-11-27-12-9-18)24(30)28-22(21)10-13-33-15-17-4-6-19(32-2)7-5-17/h4-9,11-12,14,16H,3,10,13,15H2,1-2H3,(H,28,30). The summed E-state index contributed by atoms with van der Waals surface area (Å²) in [7, 11) is 1.62. The molecule has 0 atom stereocenters. The van der Waals surface area contributed by atoms with E-state index in [1.54, 1.807) is 37.9 Å². The number of H-pyrrole nitrogens is 1. The van der Waals surface area contributed by atoms with E-state index in [1.165, 1.54) is 11.3 Å². The molecule has 1 aromatic carbocycles. The number of aromatic amines is 1. The van der Waals surface area contributed by atoms with Gasteiger partial charge in [0.25, 0.3) is 5.56 Å². The summed E-state index contributed by atoms with van der Waals surface area (Å²) in [5, 5.41) is 2.56. The Morgan fingerprint density at radius 3 is 2.60 bits per heavy atom. The van der Waals surface area contributed by atoms with Gasteiger partial charge in [-0.2, -0.15) is 0 Å². The minimum atomic E-state index is -0.500. The van der Waals surface area contributed by atoms with Gasteiger partial charge in [0.15, 0.2) is 0 Å². The highest BCUT2D eigenvalue weighted by atomic mass is 32.1. The number of thiazole rings is 1. The van der Waals surface area contributed by atoms with Crippen LogP contribution in [-0.2, 0) is 22.5 Å². The molecule has 4 aromatic rings. The summed E-state index contributed by atoms with van der Waals surface area (Å²) in [6.45, 7) is 2.68. The number of aromatic nitrogens is 3. The van der Waals surface area contributed by atoms with E-state index in [9.17, 15) is 9.59 Å². The van der Waals surface area contributed by atoms with Crippen molar-refractivity contribution in [2.45, 2.75) is 20.0 Å². The fourth-order valence-corrected chi connectivity index (χ4v) is 4.28. The van der Waals surface area contributed by atoms with E-state index in [0.29, 0.717) is 42.1 Å². The third kappa shape index (κ3) is 6.00. The molecule has 0 fully saturated rings. The third-order valence-corrected chi connectivity index (χ3v) is 6.14. The van der Waals surface area contributed by atoms with Gasteiger partial charge in [-0.25, -0.2) is 9.78 Å². The van der Waals surface area contributed by atoms with Crippen molar-refractivity contribution in [1.82, 2.24) is 15.0 Å². The highest BCUT2D eigenvalue weighted by molar-refractivity contribution is 7.13. The third-order valence-electron chi connectivity index (χ3n) is 5.25. The monoisotopic (exact) mass is 491 g/mol. The lowest BCUT2D eigenvalue weighted by Crippen LogP contribution is -2.19. The molecule has 0 spiro atoms. The van der Waals surface area contributed by atoms with Gasteiger partial charge in [0.2, 0.25) is 0 Å². The smallest absolute Gasteiger partial charge is 0.339 e. The summed E-state index contributed by atoms with van der Waals surface area (Å²) >= 11 is 1.42. The van der Waals surface area contributed by atoms with Gasteiger partial charge in [-0.1, -0.05) is 12.1 Å². The second kappa shape index (κ2) is 11.5. The lowest BCUT2D eigenvalue weighted by atomic mass is 10.1. The molecule has 3 aromatic heterocycles. The number of ether oxygens (including phenoxy) is 3. The molecule has 0 bridgehead atoms. The molecule has 0 amide bonds. The van der Waals surface area contributed by atoms with Crippen LogP contribution in [0.15, 0.2) is 65.0 Å². The molecular weight excluding hydrogens is 466 g/mol. The summed E-state index contributed by atoms with van der Waals surface area (Å²) in [5.74, 6) is 0.276. The fraction of sp³-hybridized carbons (Fsp3) is 0.231. The first-order valence-corrected chi connectivity index (χ1v) is 12.0. The van der Waals surface area contributed by atoms with E-state index >= 15 is 0 Å². The van der Waals surface area contributed by atoms with Gasteiger partial charge >= 0.3 is 5.97 Å². The van der Waals surface area contributed by atoms with Crippen LogP contribution in [0, 0.1) is 0 Å². The van der Waals surface area contributed by atoms with Crippen LogP contribution in [-0.4, -0.2) is 41.2 Å². The van der Waals surface area contributed by atoms with Crippen molar-refractivity contribution in [2.24, 2.45) is 0 Å². The number of carbonyl (C=O) groups is 1. The van der Waals surface area contributed by atoms with Gasteiger partial charge in [-0.15, -0.1) is 11.3 Å². The van der Waals surface area contributed by atoms with Crippen LogP contribution in [0.4, 0.5) is 0 Å². The summed E-state index contributed by atoms with van der Waals surface area (Å²) in [6.07, 6.45) is 3.72. The Kier molecular flexibility index (Phi) is 8.02. The normalized spacial score (nSPS) is 10.8. The highest BCUT2D eigenvalue weighted by Crippen LogP contribution is 2.28. The zero-order valence-corrected chi connectivity index (χ0v) is 20.3. The molecule has 1 N–H and O–H groups in total. The van der Waals surface area contributed by atoms with Gasteiger partial charge in [-0.3, -0.25) is 9.78 Å². The van der Waals surface area contributed by atoms with Crippen molar-refractivity contribution in [3.8, 4) is 27.6 Å². The van der Waals surface area contributed by atoms with E-state index in [0.717, 1.165) is 21.9 Å². The lowest BCUT2D eigenvalue weighted by Gasteiger charge is -2.11. The average Bonchev–Trinajstić information content (AvgIpc) is 3.38. The second-order valence-corrected chi connectivity index (χ2v) is 8.41. The predicted molar refractivity (Wildman–Crippen MR) is 134 cm³/mol. The number of rotatable bonds is 10. The molecule has 0 saturated carbocycles. The van der Waals surface area contributed by atoms with Crippen LogP contribution >= 0.6 is 11.3 Å². The van der Waals surface area contributed by atoms with Gasteiger partial charge in [0.1, 0.15) is 10.8 Å². The van der Waals surface area contributed by atoms with Gasteiger partial charge in [0.05, 0.1) is 43.8 Å². The number of hydrogen-bond donors (Lipinski definition) is 1. The molecule has 0 saturated heterocycles. The Morgan fingerprint density at radius 1 is 1.11 bits per heavy atom. The number of methoxy groups -OCH3 is 1. The maximum atomic E-state index is 12.9. The van der Waals surface area contributed by atoms with E-state index in [1.807, 2.05) is 36.4 Å². The molecule has 0 radical (unpaired) electrons. The molecule has 0 aliphatic carbocycles. The number of pyridine rings is 2. The number of nitrogens with one attached hydrogen (secondary N) is 1. The number of hydrogen-bond acceptors (Lipinski definition) is 8. The Morgan fingerprint density at radius 2 is 1.89 bits per heavy atom. The molecule has 0 unspecified atom stereocenters. The van der Waals surface area contributed by atoms with Crippen LogP contribution < -0.4 is 10.3 Å². The highest BCUT2D eigenvalue weighted by Gasteiger charge is 2.19. The number of nitrogens with zero attached hydrogens (tertiary/aromatic N) is 2. The first-order chi connectivity index (χ1) is 17.1. The molecule has 9 heteroatoms. The minimum absolute atomic E-state index is 0.226. The maximum absolute atomic E-state index is 12.9. The first kappa shape index (κ1) is 24.3. The molecule has 0 aliphatic rings. The first-order valence-electron chi connectivity index (χ1n) is 11.1. The van der Waals surface area contributed by atoms with E-state index in [2.05, 4.69) is 15.0 Å². The Bertz CT molecular complexity index is 1330. The molecule has 180 valence electrons. The van der Waals surface area contributed by atoms with Gasteiger partial charge < -0.3 is 19.2 Å². The summed E-state index contributed by atoms with van der Waals surface area (Å²) in [5.41, 5.74) is 3.15.